The molecule has 36 heavy (non-hydrogen) atoms. The molecule has 2 aromatic carbocycles. The number of hydrogen-bond donors (Lipinski definition) is 3. The Morgan fingerprint density at radius 1 is 1.03 bits per heavy atom. The van der Waals surface area contributed by atoms with E-state index >= 15 is 0 Å². The Morgan fingerprint density at radius 2 is 1.75 bits per heavy atom. The van der Waals surface area contributed by atoms with E-state index in [2.05, 4.69) is 10.6 Å². The number of aliphatic hydroxyl groups excluding tert-OH is 1. The van der Waals surface area contributed by atoms with Crippen LogP contribution in [0, 0.1) is 25.7 Å². The fraction of sp³-hybridized carbons (Fsp3) is 0.464. The Labute approximate surface area is 216 Å². The lowest BCUT2D eigenvalue weighted by Gasteiger charge is -2.34. The molecule has 3 heterocycles. The number of para-hydroxylation sites is 2. The minimum Gasteiger partial charge on any atom is -0.396 e. The van der Waals surface area contributed by atoms with Crippen LogP contribution in [-0.4, -0.2) is 56.9 Å². The lowest BCUT2D eigenvalue weighted by atomic mass is 9.70. The van der Waals surface area contributed by atoms with Crippen LogP contribution in [0.15, 0.2) is 48.5 Å². The van der Waals surface area contributed by atoms with E-state index in [4.69, 9.17) is 0 Å². The van der Waals surface area contributed by atoms with Gasteiger partial charge in [0.25, 0.3) is 0 Å². The largest absolute Gasteiger partial charge is 0.396 e. The van der Waals surface area contributed by atoms with Crippen molar-refractivity contribution in [1.29, 1.82) is 0 Å². The molecule has 7 nitrogen and oxygen atoms in total. The summed E-state index contributed by atoms with van der Waals surface area (Å²) in [5.74, 6) is -1.46. The monoisotopic (exact) mass is 507 g/mol. The molecule has 190 valence electrons. The van der Waals surface area contributed by atoms with Gasteiger partial charge in [-0.15, -0.1) is 11.8 Å². The van der Waals surface area contributed by atoms with Crippen LogP contribution in [0.2, 0.25) is 0 Å². The maximum atomic E-state index is 13.9. The SMILES string of the molecule is Cc1cccc(C)c1NC(=O)C1N(CCCCO)C(=O)[C@@H]2[C@@H](C(=O)Nc3ccccc3)[C@H]3CCC12S3. The molecule has 3 aliphatic rings. The van der Waals surface area contributed by atoms with Gasteiger partial charge in [0.2, 0.25) is 17.7 Å². The second-order valence-electron chi connectivity index (χ2n) is 10.1. The molecule has 1 spiro atoms. The van der Waals surface area contributed by atoms with Crippen molar-refractivity contribution in [1.82, 2.24) is 4.90 Å². The van der Waals surface area contributed by atoms with Crippen molar-refractivity contribution in [3.8, 4) is 0 Å². The highest BCUT2D eigenvalue weighted by Crippen LogP contribution is 2.66. The lowest BCUT2D eigenvalue weighted by molar-refractivity contribution is -0.138. The van der Waals surface area contributed by atoms with Crippen molar-refractivity contribution < 1.29 is 19.5 Å². The summed E-state index contributed by atoms with van der Waals surface area (Å²) in [6, 6.07) is 14.5. The number of nitrogens with zero attached hydrogens (tertiary/aromatic N) is 1. The van der Waals surface area contributed by atoms with Gasteiger partial charge in [0.1, 0.15) is 6.04 Å². The molecule has 2 bridgehead atoms. The van der Waals surface area contributed by atoms with Gasteiger partial charge in [-0.25, -0.2) is 0 Å². The van der Waals surface area contributed by atoms with Gasteiger partial charge in [0.05, 0.1) is 16.6 Å². The van der Waals surface area contributed by atoms with Crippen LogP contribution in [0.5, 0.6) is 0 Å². The van der Waals surface area contributed by atoms with E-state index in [9.17, 15) is 19.5 Å². The highest BCUT2D eigenvalue weighted by atomic mass is 32.2. The standard InChI is InChI=1S/C28H33N3O4S/c1-17-9-8-10-18(2)23(17)30-26(34)24-28-14-13-20(36-28)21(25(33)29-19-11-4-3-5-12-19)22(28)27(35)31(24)15-6-7-16-32/h3-5,8-12,20-22,24,32H,6-7,13-16H2,1-2H3,(H,29,33)(H,30,34)/t20-,21+,22+,24?,28?/m1/s1. The first-order chi connectivity index (χ1) is 17.4. The maximum absolute atomic E-state index is 13.9. The predicted octanol–water partition coefficient (Wildman–Crippen LogP) is 3.74. The number of thioether (sulfide) groups is 1. The molecule has 2 unspecified atom stereocenters. The topological polar surface area (TPSA) is 98.7 Å². The van der Waals surface area contributed by atoms with Crippen LogP contribution >= 0.6 is 11.8 Å². The smallest absolute Gasteiger partial charge is 0.248 e. The Bertz CT molecular complexity index is 1150. The number of aliphatic hydroxyl groups is 1. The minimum atomic E-state index is -0.655. The Kier molecular flexibility index (Phi) is 6.83. The van der Waals surface area contributed by atoms with E-state index in [1.807, 2.05) is 62.4 Å². The van der Waals surface area contributed by atoms with Crippen molar-refractivity contribution in [2.45, 2.75) is 55.6 Å². The highest BCUT2D eigenvalue weighted by molar-refractivity contribution is 8.02. The Balaban J connectivity index is 1.47. The third-order valence-corrected chi connectivity index (χ3v) is 9.88. The Hall–Kier alpha value is -2.84. The summed E-state index contributed by atoms with van der Waals surface area (Å²) in [5.41, 5.74) is 3.42. The van der Waals surface area contributed by atoms with Crippen molar-refractivity contribution in [2.75, 3.05) is 23.8 Å². The zero-order chi connectivity index (χ0) is 25.4. The molecular weight excluding hydrogens is 474 g/mol. The number of rotatable bonds is 8. The summed E-state index contributed by atoms with van der Waals surface area (Å²) in [7, 11) is 0. The van der Waals surface area contributed by atoms with Gasteiger partial charge < -0.3 is 20.6 Å². The number of aryl methyl sites for hydroxylation is 2. The molecule has 3 N–H and O–H groups in total. The number of carbonyl (C=O) groups is 3. The third kappa shape index (κ3) is 4.10. The molecular formula is C28H33N3O4S. The summed E-state index contributed by atoms with van der Waals surface area (Å²) in [6.07, 6.45) is 2.70. The van der Waals surface area contributed by atoms with Crippen LogP contribution in [-0.2, 0) is 14.4 Å². The van der Waals surface area contributed by atoms with Crippen LogP contribution in [0.3, 0.4) is 0 Å². The number of anilines is 2. The second kappa shape index (κ2) is 9.90. The molecule has 3 aliphatic heterocycles. The number of likely N-dealkylation sites (tertiary alicyclic amines) is 1. The van der Waals surface area contributed by atoms with Gasteiger partial charge in [-0.3, -0.25) is 14.4 Å². The van der Waals surface area contributed by atoms with E-state index in [-0.39, 0.29) is 29.6 Å². The summed E-state index contributed by atoms with van der Waals surface area (Å²) >= 11 is 1.67. The van der Waals surface area contributed by atoms with E-state index < -0.39 is 22.6 Å². The second-order valence-corrected chi connectivity index (χ2v) is 11.7. The summed E-state index contributed by atoms with van der Waals surface area (Å²) in [4.78, 5) is 43.0. The molecule has 3 saturated heterocycles. The molecule has 2 aromatic rings. The fourth-order valence-corrected chi connectivity index (χ4v) is 8.56. The Morgan fingerprint density at radius 3 is 2.44 bits per heavy atom. The molecule has 5 rings (SSSR count). The number of nitrogens with one attached hydrogen (secondary N) is 2. The summed E-state index contributed by atoms with van der Waals surface area (Å²) in [6.45, 7) is 4.35. The molecule has 5 atom stereocenters. The number of fused-ring (bicyclic) bond motifs is 1. The van der Waals surface area contributed by atoms with Gasteiger partial charge in [0.15, 0.2) is 0 Å². The number of carbonyl (C=O) groups excluding carboxylic acids is 3. The van der Waals surface area contributed by atoms with Gasteiger partial charge in [-0.1, -0.05) is 36.4 Å². The van der Waals surface area contributed by atoms with Crippen molar-refractivity contribution >= 4 is 40.9 Å². The third-order valence-electron chi connectivity index (χ3n) is 7.93. The number of unbranched alkanes of at least 4 members (excludes halogenated alkanes) is 1. The zero-order valence-electron chi connectivity index (χ0n) is 20.7. The average molecular weight is 508 g/mol. The van der Waals surface area contributed by atoms with E-state index in [1.54, 1.807) is 16.7 Å². The predicted molar refractivity (Wildman–Crippen MR) is 142 cm³/mol. The van der Waals surface area contributed by atoms with Crippen LogP contribution in [0.4, 0.5) is 11.4 Å². The molecule has 0 aliphatic carbocycles. The minimum absolute atomic E-state index is 0.0118. The molecule has 3 fully saturated rings. The number of amides is 3. The van der Waals surface area contributed by atoms with Crippen molar-refractivity contribution in [3.63, 3.8) is 0 Å². The fourth-order valence-electron chi connectivity index (χ4n) is 6.34. The van der Waals surface area contributed by atoms with Crippen molar-refractivity contribution in [2.24, 2.45) is 11.8 Å². The summed E-state index contributed by atoms with van der Waals surface area (Å²) < 4.78 is -0.625. The lowest BCUT2D eigenvalue weighted by Crippen LogP contribution is -2.51. The first kappa shape index (κ1) is 24.8. The van der Waals surface area contributed by atoms with Gasteiger partial charge in [-0.2, -0.15) is 0 Å². The molecule has 0 aromatic heterocycles. The number of hydrogen-bond acceptors (Lipinski definition) is 5. The number of benzene rings is 2. The molecule has 0 saturated carbocycles. The molecule has 8 heteroatoms. The quantitative estimate of drug-likeness (QED) is 0.473. The first-order valence-electron chi connectivity index (χ1n) is 12.7. The van der Waals surface area contributed by atoms with E-state index in [0.29, 0.717) is 25.1 Å². The van der Waals surface area contributed by atoms with Crippen LogP contribution in [0.1, 0.15) is 36.8 Å². The van der Waals surface area contributed by atoms with Gasteiger partial charge in [-0.05, 0) is 62.8 Å². The van der Waals surface area contributed by atoms with Crippen LogP contribution in [0.25, 0.3) is 0 Å². The van der Waals surface area contributed by atoms with E-state index in [1.165, 1.54) is 0 Å². The average Bonchev–Trinajstić information content (AvgIpc) is 3.50. The van der Waals surface area contributed by atoms with E-state index in [0.717, 1.165) is 29.7 Å². The highest BCUT2D eigenvalue weighted by Gasteiger charge is 2.73. The summed E-state index contributed by atoms with van der Waals surface area (Å²) in [5, 5.41) is 15.5. The van der Waals surface area contributed by atoms with Crippen molar-refractivity contribution in [3.05, 3.63) is 59.7 Å². The molecule has 0 radical (unpaired) electrons. The zero-order valence-corrected chi connectivity index (χ0v) is 21.5. The van der Waals surface area contributed by atoms with Gasteiger partial charge in [0, 0.05) is 29.8 Å². The maximum Gasteiger partial charge on any atom is 0.248 e. The van der Waals surface area contributed by atoms with Gasteiger partial charge >= 0.3 is 0 Å². The van der Waals surface area contributed by atoms with Crippen LogP contribution < -0.4 is 10.6 Å². The normalized spacial score (nSPS) is 28.3. The first-order valence-corrected chi connectivity index (χ1v) is 13.6. The molecule has 3 amide bonds.